The number of rotatable bonds is 3. The molecule has 2 N–H and O–H groups in total. The molecule has 0 aromatic carbocycles. The number of carbonyl (C=O) groups excluding carboxylic acids is 1. The lowest BCUT2D eigenvalue weighted by Gasteiger charge is -2.37. The average Bonchev–Trinajstić information content (AvgIpc) is 2.81. The minimum atomic E-state index is 0.125. The number of pyridine rings is 1. The van der Waals surface area contributed by atoms with Gasteiger partial charge in [-0.1, -0.05) is 6.07 Å². The van der Waals surface area contributed by atoms with E-state index in [2.05, 4.69) is 21.7 Å². The van der Waals surface area contributed by atoms with Crippen LogP contribution in [0.5, 0.6) is 0 Å². The van der Waals surface area contributed by atoms with Gasteiger partial charge in [0, 0.05) is 30.7 Å². The highest BCUT2D eigenvalue weighted by atomic mass is 16.2. The SMILES string of the molecule is O=C1CCC2(CCC(NCc3ccccn3)CC2)N1. The topological polar surface area (TPSA) is 54.0 Å². The summed E-state index contributed by atoms with van der Waals surface area (Å²) in [6.45, 7) is 0.838. The predicted molar refractivity (Wildman–Crippen MR) is 73.4 cm³/mol. The smallest absolute Gasteiger partial charge is 0.220 e. The molecule has 1 amide bonds. The van der Waals surface area contributed by atoms with Crippen LogP contribution in [0.4, 0.5) is 0 Å². The van der Waals surface area contributed by atoms with Crippen molar-refractivity contribution in [2.24, 2.45) is 0 Å². The summed E-state index contributed by atoms with van der Waals surface area (Å²) in [6, 6.07) is 6.57. The van der Waals surface area contributed by atoms with Crippen LogP contribution in [0.25, 0.3) is 0 Å². The van der Waals surface area contributed by atoms with Crippen molar-refractivity contribution in [1.82, 2.24) is 15.6 Å². The predicted octanol–water partition coefficient (Wildman–Crippen LogP) is 1.76. The van der Waals surface area contributed by atoms with E-state index in [4.69, 9.17) is 0 Å². The maximum atomic E-state index is 11.4. The Morgan fingerprint density at radius 2 is 2.16 bits per heavy atom. The number of aromatic nitrogens is 1. The van der Waals surface area contributed by atoms with Crippen molar-refractivity contribution in [1.29, 1.82) is 0 Å². The molecule has 102 valence electrons. The van der Waals surface area contributed by atoms with Gasteiger partial charge in [0.15, 0.2) is 0 Å². The van der Waals surface area contributed by atoms with E-state index in [9.17, 15) is 4.79 Å². The van der Waals surface area contributed by atoms with Crippen LogP contribution >= 0.6 is 0 Å². The molecule has 4 nitrogen and oxygen atoms in total. The summed E-state index contributed by atoms with van der Waals surface area (Å²) in [6.07, 6.45) is 8.09. The standard InChI is InChI=1S/C15H21N3O/c19-14-6-9-15(18-14)7-4-12(5-8-15)17-11-13-3-1-2-10-16-13/h1-3,10,12,17H,4-9,11H2,(H,18,19). The Labute approximate surface area is 114 Å². The lowest BCUT2D eigenvalue weighted by Crippen LogP contribution is -2.47. The largest absolute Gasteiger partial charge is 0.351 e. The summed E-state index contributed by atoms with van der Waals surface area (Å²) in [5.41, 5.74) is 1.22. The number of hydrogen-bond acceptors (Lipinski definition) is 3. The van der Waals surface area contributed by atoms with E-state index >= 15 is 0 Å². The van der Waals surface area contributed by atoms with Gasteiger partial charge in [0.2, 0.25) is 5.91 Å². The summed E-state index contributed by atoms with van der Waals surface area (Å²) >= 11 is 0. The molecular weight excluding hydrogens is 238 g/mol. The van der Waals surface area contributed by atoms with Gasteiger partial charge in [-0.15, -0.1) is 0 Å². The van der Waals surface area contributed by atoms with E-state index in [0.717, 1.165) is 44.3 Å². The van der Waals surface area contributed by atoms with Crippen LogP contribution in [-0.4, -0.2) is 22.5 Å². The fraction of sp³-hybridized carbons (Fsp3) is 0.600. The summed E-state index contributed by atoms with van der Waals surface area (Å²) in [5.74, 6) is 0.236. The molecule has 1 aliphatic heterocycles. The Morgan fingerprint density at radius 3 is 2.79 bits per heavy atom. The van der Waals surface area contributed by atoms with Gasteiger partial charge in [-0.3, -0.25) is 9.78 Å². The van der Waals surface area contributed by atoms with Gasteiger partial charge in [0.25, 0.3) is 0 Å². The Morgan fingerprint density at radius 1 is 1.32 bits per heavy atom. The maximum Gasteiger partial charge on any atom is 0.220 e. The van der Waals surface area contributed by atoms with Gasteiger partial charge >= 0.3 is 0 Å². The first-order valence-corrected chi connectivity index (χ1v) is 7.20. The van der Waals surface area contributed by atoms with Crippen molar-refractivity contribution in [2.45, 2.75) is 56.7 Å². The minimum Gasteiger partial charge on any atom is -0.351 e. The molecule has 0 bridgehead atoms. The first-order chi connectivity index (χ1) is 9.26. The molecule has 4 heteroatoms. The third kappa shape index (κ3) is 2.95. The van der Waals surface area contributed by atoms with Crippen molar-refractivity contribution >= 4 is 5.91 Å². The van der Waals surface area contributed by atoms with Crippen molar-refractivity contribution in [2.75, 3.05) is 0 Å². The average molecular weight is 259 g/mol. The van der Waals surface area contributed by atoms with Crippen LogP contribution in [0.15, 0.2) is 24.4 Å². The van der Waals surface area contributed by atoms with Crippen LogP contribution in [0.1, 0.15) is 44.2 Å². The normalized spacial score (nSPS) is 30.5. The van der Waals surface area contributed by atoms with Gasteiger partial charge in [-0.25, -0.2) is 0 Å². The van der Waals surface area contributed by atoms with Crippen LogP contribution < -0.4 is 10.6 Å². The molecule has 2 fully saturated rings. The number of hydrogen-bond donors (Lipinski definition) is 2. The summed E-state index contributed by atoms with van der Waals surface area (Å²) in [5, 5.41) is 6.76. The minimum absolute atomic E-state index is 0.125. The molecule has 1 aromatic rings. The number of nitrogens with one attached hydrogen (secondary N) is 2. The van der Waals surface area contributed by atoms with E-state index in [1.165, 1.54) is 0 Å². The molecule has 2 aliphatic rings. The van der Waals surface area contributed by atoms with Crippen LogP contribution in [0.3, 0.4) is 0 Å². The van der Waals surface area contributed by atoms with E-state index in [1.807, 2.05) is 18.3 Å². The lowest BCUT2D eigenvalue weighted by molar-refractivity contribution is -0.120. The summed E-state index contributed by atoms with van der Waals surface area (Å²) < 4.78 is 0. The summed E-state index contributed by atoms with van der Waals surface area (Å²) in [4.78, 5) is 15.7. The van der Waals surface area contributed by atoms with Gasteiger partial charge in [0.05, 0.1) is 5.69 Å². The quantitative estimate of drug-likeness (QED) is 0.869. The highest BCUT2D eigenvalue weighted by molar-refractivity contribution is 5.79. The van der Waals surface area contributed by atoms with Crippen LogP contribution in [0.2, 0.25) is 0 Å². The van der Waals surface area contributed by atoms with Gasteiger partial charge in [0.1, 0.15) is 0 Å². The van der Waals surface area contributed by atoms with Gasteiger partial charge in [-0.2, -0.15) is 0 Å². The summed E-state index contributed by atoms with van der Waals surface area (Å²) in [7, 11) is 0. The van der Waals surface area contributed by atoms with E-state index in [1.54, 1.807) is 0 Å². The Bertz CT molecular complexity index is 438. The lowest BCUT2D eigenvalue weighted by atomic mass is 9.78. The second-order valence-corrected chi connectivity index (χ2v) is 5.80. The molecule has 1 spiro atoms. The van der Waals surface area contributed by atoms with Gasteiger partial charge in [-0.05, 0) is 44.2 Å². The molecule has 1 aliphatic carbocycles. The van der Waals surface area contributed by atoms with Crippen molar-refractivity contribution in [3.05, 3.63) is 30.1 Å². The Kier molecular flexibility index (Phi) is 3.51. The first-order valence-electron chi connectivity index (χ1n) is 7.20. The first kappa shape index (κ1) is 12.6. The maximum absolute atomic E-state index is 11.4. The third-order valence-electron chi connectivity index (χ3n) is 4.48. The molecule has 0 unspecified atom stereocenters. The van der Waals surface area contributed by atoms with Crippen molar-refractivity contribution in [3.63, 3.8) is 0 Å². The van der Waals surface area contributed by atoms with Crippen LogP contribution in [-0.2, 0) is 11.3 Å². The second kappa shape index (κ2) is 5.29. The second-order valence-electron chi connectivity index (χ2n) is 5.80. The number of nitrogens with zero attached hydrogens (tertiary/aromatic N) is 1. The van der Waals surface area contributed by atoms with Crippen molar-refractivity contribution in [3.8, 4) is 0 Å². The zero-order valence-electron chi connectivity index (χ0n) is 11.2. The molecule has 19 heavy (non-hydrogen) atoms. The fourth-order valence-corrected chi connectivity index (χ4v) is 3.27. The van der Waals surface area contributed by atoms with Gasteiger partial charge < -0.3 is 10.6 Å². The van der Waals surface area contributed by atoms with E-state index in [-0.39, 0.29) is 11.4 Å². The number of amides is 1. The molecule has 1 saturated carbocycles. The zero-order valence-corrected chi connectivity index (χ0v) is 11.2. The molecule has 3 rings (SSSR count). The fourth-order valence-electron chi connectivity index (χ4n) is 3.27. The van der Waals surface area contributed by atoms with E-state index in [0.29, 0.717) is 12.5 Å². The van der Waals surface area contributed by atoms with E-state index < -0.39 is 0 Å². The Balaban J connectivity index is 1.47. The monoisotopic (exact) mass is 259 g/mol. The van der Waals surface area contributed by atoms with Crippen LogP contribution in [0, 0.1) is 0 Å². The Hall–Kier alpha value is -1.42. The molecule has 1 aromatic heterocycles. The zero-order chi connectivity index (χ0) is 13.1. The molecule has 2 heterocycles. The highest BCUT2D eigenvalue weighted by Gasteiger charge is 2.40. The number of carbonyl (C=O) groups is 1. The highest BCUT2D eigenvalue weighted by Crippen LogP contribution is 2.35. The molecule has 0 radical (unpaired) electrons. The third-order valence-corrected chi connectivity index (χ3v) is 4.48. The molecule has 0 atom stereocenters. The molecule has 1 saturated heterocycles. The molecular formula is C15H21N3O. The van der Waals surface area contributed by atoms with Crippen molar-refractivity contribution < 1.29 is 4.79 Å².